The molecule has 0 aromatic heterocycles. The highest BCUT2D eigenvalue weighted by Gasteiger charge is 2.46. The molecule has 0 unspecified atom stereocenters. The van der Waals surface area contributed by atoms with Crippen molar-refractivity contribution < 1.29 is 18.3 Å². The maximum Gasteiger partial charge on any atom is 0.414 e. The first-order valence-corrected chi connectivity index (χ1v) is 3.46. The summed E-state index contributed by atoms with van der Waals surface area (Å²) in [5.41, 5.74) is -1.09. The molecule has 0 bridgehead atoms. The topological polar surface area (TPSA) is 20.2 Å². The lowest BCUT2D eigenvalue weighted by atomic mass is 9.83. The Balaban J connectivity index is 4.35. The van der Waals surface area contributed by atoms with E-state index in [4.69, 9.17) is 5.11 Å². The lowest BCUT2D eigenvalue weighted by Crippen LogP contribution is -2.41. The van der Waals surface area contributed by atoms with Crippen LogP contribution in [0.4, 0.5) is 13.2 Å². The number of hydrogen-bond donors (Lipinski definition) is 1. The first-order valence-electron chi connectivity index (χ1n) is 3.46. The molecule has 11 heavy (non-hydrogen) atoms. The summed E-state index contributed by atoms with van der Waals surface area (Å²) in [7, 11) is 0. The van der Waals surface area contributed by atoms with Crippen LogP contribution < -0.4 is 0 Å². The maximum absolute atomic E-state index is 11.9. The van der Waals surface area contributed by atoms with Gasteiger partial charge in [0, 0.05) is 0 Å². The summed E-state index contributed by atoms with van der Waals surface area (Å²) in [6.45, 7) is 4.41. The third-order valence-corrected chi connectivity index (χ3v) is 1.96. The van der Waals surface area contributed by atoms with Gasteiger partial charge in [0.1, 0.15) is 0 Å². The lowest BCUT2D eigenvalue weighted by molar-refractivity contribution is -0.234. The molecule has 4 heteroatoms. The number of aliphatic hydroxyl groups is 1. The van der Waals surface area contributed by atoms with Crippen LogP contribution in [0, 0.1) is 5.41 Å². The van der Waals surface area contributed by atoms with E-state index in [2.05, 4.69) is 0 Å². The SMILES string of the molecule is CCC(C)(C)[C@H](O)C(F)(F)F. The highest BCUT2D eigenvalue weighted by Crippen LogP contribution is 2.35. The van der Waals surface area contributed by atoms with Crippen molar-refractivity contribution in [2.24, 2.45) is 5.41 Å². The molecule has 0 fully saturated rings. The van der Waals surface area contributed by atoms with Gasteiger partial charge >= 0.3 is 6.18 Å². The van der Waals surface area contributed by atoms with Gasteiger partial charge < -0.3 is 5.11 Å². The van der Waals surface area contributed by atoms with E-state index in [1.807, 2.05) is 0 Å². The fourth-order valence-corrected chi connectivity index (χ4v) is 0.636. The summed E-state index contributed by atoms with van der Waals surface area (Å²) in [6, 6.07) is 0. The lowest BCUT2D eigenvalue weighted by Gasteiger charge is -2.30. The molecule has 1 atom stereocenters. The van der Waals surface area contributed by atoms with Gasteiger partial charge in [0.15, 0.2) is 6.10 Å². The Morgan fingerprint density at radius 1 is 1.27 bits per heavy atom. The molecule has 0 saturated heterocycles. The number of halogens is 3. The van der Waals surface area contributed by atoms with Crippen LogP contribution in [0.3, 0.4) is 0 Å². The predicted octanol–water partition coefficient (Wildman–Crippen LogP) is 2.35. The molecule has 0 aliphatic heterocycles. The monoisotopic (exact) mass is 170 g/mol. The average molecular weight is 170 g/mol. The summed E-state index contributed by atoms with van der Waals surface area (Å²) >= 11 is 0. The second kappa shape index (κ2) is 3.01. The van der Waals surface area contributed by atoms with E-state index in [1.54, 1.807) is 6.92 Å². The summed E-state index contributed by atoms with van der Waals surface area (Å²) in [4.78, 5) is 0. The van der Waals surface area contributed by atoms with Crippen molar-refractivity contribution in [2.75, 3.05) is 0 Å². The molecule has 0 spiro atoms. The van der Waals surface area contributed by atoms with E-state index < -0.39 is 17.7 Å². The van der Waals surface area contributed by atoms with Gasteiger partial charge in [-0.2, -0.15) is 13.2 Å². The smallest absolute Gasteiger partial charge is 0.383 e. The van der Waals surface area contributed by atoms with Crippen LogP contribution in [0.1, 0.15) is 27.2 Å². The van der Waals surface area contributed by atoms with Crippen molar-refractivity contribution in [3.8, 4) is 0 Å². The van der Waals surface area contributed by atoms with Gasteiger partial charge in [0.05, 0.1) is 0 Å². The van der Waals surface area contributed by atoms with Crippen molar-refractivity contribution >= 4 is 0 Å². The fourth-order valence-electron chi connectivity index (χ4n) is 0.636. The molecule has 68 valence electrons. The molecule has 0 aliphatic rings. The minimum atomic E-state index is -4.50. The van der Waals surface area contributed by atoms with Gasteiger partial charge in [0.25, 0.3) is 0 Å². The number of hydrogen-bond acceptors (Lipinski definition) is 1. The maximum atomic E-state index is 11.9. The van der Waals surface area contributed by atoms with Crippen LogP contribution in [0.25, 0.3) is 0 Å². The highest BCUT2D eigenvalue weighted by molar-refractivity contribution is 4.81. The second-order valence-electron chi connectivity index (χ2n) is 3.29. The Morgan fingerprint density at radius 2 is 1.64 bits per heavy atom. The van der Waals surface area contributed by atoms with Crippen LogP contribution >= 0.6 is 0 Å². The largest absolute Gasteiger partial charge is 0.414 e. The molecule has 0 saturated carbocycles. The highest BCUT2D eigenvalue weighted by atomic mass is 19.4. The van der Waals surface area contributed by atoms with Crippen molar-refractivity contribution in [3.63, 3.8) is 0 Å². The zero-order chi connectivity index (χ0) is 9.28. The second-order valence-corrected chi connectivity index (χ2v) is 3.29. The minimum absolute atomic E-state index is 0.299. The third-order valence-electron chi connectivity index (χ3n) is 1.96. The molecular weight excluding hydrogens is 157 g/mol. The van der Waals surface area contributed by atoms with Crippen LogP contribution in [0.5, 0.6) is 0 Å². The zero-order valence-electron chi connectivity index (χ0n) is 6.87. The van der Waals surface area contributed by atoms with Crippen LogP contribution in [-0.2, 0) is 0 Å². The first kappa shape index (κ1) is 10.8. The quantitative estimate of drug-likeness (QED) is 0.674. The Hall–Kier alpha value is -0.250. The van der Waals surface area contributed by atoms with E-state index in [-0.39, 0.29) is 0 Å². The molecular formula is C7H13F3O. The average Bonchev–Trinajstić information content (AvgIpc) is 1.84. The molecule has 1 N–H and O–H groups in total. The predicted molar refractivity (Wildman–Crippen MR) is 36.1 cm³/mol. The molecule has 0 amide bonds. The molecule has 0 aliphatic carbocycles. The van der Waals surface area contributed by atoms with E-state index in [1.165, 1.54) is 13.8 Å². The van der Waals surface area contributed by atoms with E-state index in [0.29, 0.717) is 6.42 Å². The normalized spacial score (nSPS) is 16.6. The van der Waals surface area contributed by atoms with Gasteiger partial charge in [-0.05, 0) is 11.8 Å². The van der Waals surface area contributed by atoms with Gasteiger partial charge in [-0.25, -0.2) is 0 Å². The van der Waals surface area contributed by atoms with Gasteiger partial charge in [0.2, 0.25) is 0 Å². The summed E-state index contributed by atoms with van der Waals surface area (Å²) in [5.74, 6) is 0. The third kappa shape index (κ3) is 2.69. The van der Waals surface area contributed by atoms with Crippen LogP contribution in [-0.4, -0.2) is 17.4 Å². The zero-order valence-corrected chi connectivity index (χ0v) is 6.87. The summed E-state index contributed by atoms with van der Waals surface area (Å²) in [5, 5.41) is 8.79. The number of alkyl halides is 3. The van der Waals surface area contributed by atoms with E-state index in [0.717, 1.165) is 0 Å². The van der Waals surface area contributed by atoms with Crippen LogP contribution in [0.2, 0.25) is 0 Å². The summed E-state index contributed by atoms with van der Waals surface area (Å²) < 4.78 is 35.6. The fraction of sp³-hybridized carbons (Fsp3) is 1.00. The molecule has 0 aromatic rings. The minimum Gasteiger partial charge on any atom is -0.383 e. The molecule has 0 heterocycles. The Bertz CT molecular complexity index is 128. The van der Waals surface area contributed by atoms with E-state index >= 15 is 0 Å². The number of rotatable bonds is 2. The van der Waals surface area contributed by atoms with Crippen molar-refractivity contribution in [1.29, 1.82) is 0 Å². The van der Waals surface area contributed by atoms with Crippen molar-refractivity contribution in [2.45, 2.75) is 39.5 Å². The number of aliphatic hydroxyl groups excluding tert-OH is 1. The Morgan fingerprint density at radius 3 is 1.73 bits per heavy atom. The van der Waals surface area contributed by atoms with Crippen molar-refractivity contribution in [3.05, 3.63) is 0 Å². The van der Waals surface area contributed by atoms with Crippen molar-refractivity contribution in [1.82, 2.24) is 0 Å². The first-order chi connectivity index (χ1) is 4.72. The standard InChI is InChI=1S/C7H13F3O/c1-4-6(2,3)5(11)7(8,9)10/h5,11H,4H2,1-3H3/t5-/m0/s1. The van der Waals surface area contributed by atoms with Gasteiger partial charge in [-0.15, -0.1) is 0 Å². The van der Waals surface area contributed by atoms with E-state index in [9.17, 15) is 13.2 Å². The van der Waals surface area contributed by atoms with Gasteiger partial charge in [-0.1, -0.05) is 20.8 Å². The molecule has 0 aromatic carbocycles. The Labute approximate surface area is 64.2 Å². The molecule has 0 rings (SSSR count). The molecule has 1 nitrogen and oxygen atoms in total. The Kier molecular flexibility index (Phi) is 2.94. The van der Waals surface area contributed by atoms with Crippen LogP contribution in [0.15, 0.2) is 0 Å². The van der Waals surface area contributed by atoms with Gasteiger partial charge in [-0.3, -0.25) is 0 Å². The molecule has 0 radical (unpaired) electrons. The summed E-state index contributed by atoms with van der Waals surface area (Å²) in [6.07, 6.45) is -6.42.